The monoisotopic (exact) mass is 354 g/mol. The summed E-state index contributed by atoms with van der Waals surface area (Å²) in [7, 11) is 0. The van der Waals surface area contributed by atoms with Gasteiger partial charge >= 0.3 is 0 Å². The van der Waals surface area contributed by atoms with E-state index in [0.29, 0.717) is 33.8 Å². The molecule has 0 aliphatic heterocycles. The highest BCUT2D eigenvalue weighted by atomic mass is 79.9. The summed E-state index contributed by atoms with van der Waals surface area (Å²) in [6.45, 7) is 2.18. The van der Waals surface area contributed by atoms with Crippen LogP contribution in [0.5, 0.6) is 0 Å². The molecule has 0 radical (unpaired) electrons. The second kappa shape index (κ2) is 6.15. The normalized spacial score (nSPS) is 25.8. The molecule has 20 heavy (non-hydrogen) atoms. The zero-order chi connectivity index (χ0) is 14.8. The van der Waals surface area contributed by atoms with Crippen LogP contribution in [0.1, 0.15) is 43.0 Å². The van der Waals surface area contributed by atoms with Crippen LogP contribution >= 0.6 is 27.5 Å². The predicted octanol–water partition coefficient (Wildman–Crippen LogP) is 4.30. The van der Waals surface area contributed by atoms with Crippen LogP contribution in [0.15, 0.2) is 22.7 Å². The van der Waals surface area contributed by atoms with Crippen molar-refractivity contribution in [3.05, 3.63) is 33.3 Å². The van der Waals surface area contributed by atoms with Crippen molar-refractivity contribution in [1.29, 1.82) is 5.26 Å². The molecule has 1 aliphatic rings. The number of carbonyl (C=O) groups excluding carboxylic acids is 1. The first-order chi connectivity index (χ1) is 9.46. The van der Waals surface area contributed by atoms with Crippen molar-refractivity contribution in [1.82, 2.24) is 5.32 Å². The number of carbonyl (C=O) groups is 1. The van der Waals surface area contributed by atoms with E-state index in [9.17, 15) is 10.1 Å². The van der Waals surface area contributed by atoms with Gasteiger partial charge in [-0.15, -0.1) is 0 Å². The van der Waals surface area contributed by atoms with E-state index in [1.165, 1.54) is 0 Å². The molecule has 0 saturated heterocycles. The Morgan fingerprint density at radius 3 is 2.70 bits per heavy atom. The highest BCUT2D eigenvalue weighted by molar-refractivity contribution is 9.10. The van der Waals surface area contributed by atoms with Gasteiger partial charge < -0.3 is 5.32 Å². The van der Waals surface area contributed by atoms with Gasteiger partial charge in [0.05, 0.1) is 11.6 Å². The second-order valence-electron chi connectivity index (χ2n) is 5.45. The Kier molecular flexibility index (Phi) is 4.72. The zero-order valence-corrected chi connectivity index (χ0v) is 13.6. The summed E-state index contributed by atoms with van der Waals surface area (Å²) >= 11 is 9.20. The van der Waals surface area contributed by atoms with Crippen molar-refractivity contribution >= 4 is 33.4 Å². The molecule has 1 fully saturated rings. The van der Waals surface area contributed by atoms with E-state index in [-0.39, 0.29) is 5.91 Å². The average molecular weight is 356 g/mol. The lowest BCUT2D eigenvalue weighted by Gasteiger charge is -2.34. The van der Waals surface area contributed by atoms with Gasteiger partial charge in [-0.05, 0) is 65.7 Å². The van der Waals surface area contributed by atoms with Crippen LogP contribution in [0, 0.1) is 17.2 Å². The molecule has 1 aromatic rings. The van der Waals surface area contributed by atoms with Crippen molar-refractivity contribution in [2.45, 2.75) is 38.1 Å². The first-order valence-electron chi connectivity index (χ1n) is 6.64. The third kappa shape index (κ3) is 3.34. The van der Waals surface area contributed by atoms with E-state index in [1.54, 1.807) is 18.2 Å². The Labute approximate surface area is 132 Å². The Morgan fingerprint density at radius 1 is 1.50 bits per heavy atom. The topological polar surface area (TPSA) is 52.9 Å². The van der Waals surface area contributed by atoms with Gasteiger partial charge in [0, 0.05) is 9.50 Å². The van der Waals surface area contributed by atoms with Crippen LogP contribution in [-0.2, 0) is 0 Å². The number of hydrogen-bond acceptors (Lipinski definition) is 2. The van der Waals surface area contributed by atoms with Gasteiger partial charge in [0.25, 0.3) is 5.91 Å². The van der Waals surface area contributed by atoms with E-state index in [2.05, 4.69) is 34.2 Å². The number of nitrogens with one attached hydrogen (secondary N) is 1. The maximum absolute atomic E-state index is 12.4. The first-order valence-corrected chi connectivity index (χ1v) is 7.82. The number of nitriles is 1. The molecular weight excluding hydrogens is 340 g/mol. The molecule has 1 aliphatic carbocycles. The van der Waals surface area contributed by atoms with Crippen molar-refractivity contribution in [3.63, 3.8) is 0 Å². The van der Waals surface area contributed by atoms with E-state index in [4.69, 9.17) is 11.6 Å². The smallest absolute Gasteiger partial charge is 0.253 e. The van der Waals surface area contributed by atoms with E-state index in [0.717, 1.165) is 12.8 Å². The van der Waals surface area contributed by atoms with Crippen molar-refractivity contribution in [2.75, 3.05) is 0 Å². The SMILES string of the molecule is CC1CCC(C#N)(NC(=O)c2ccc(Cl)cc2Br)CC1. The molecule has 0 unspecified atom stereocenters. The molecule has 1 amide bonds. The molecule has 1 saturated carbocycles. The van der Waals surface area contributed by atoms with Crippen LogP contribution < -0.4 is 5.32 Å². The quantitative estimate of drug-likeness (QED) is 0.859. The van der Waals surface area contributed by atoms with Crippen molar-refractivity contribution < 1.29 is 4.79 Å². The van der Waals surface area contributed by atoms with E-state index in [1.807, 2.05) is 0 Å². The molecule has 0 atom stereocenters. The van der Waals surface area contributed by atoms with Crippen molar-refractivity contribution in [2.24, 2.45) is 5.92 Å². The molecule has 1 aromatic carbocycles. The van der Waals surface area contributed by atoms with Crippen molar-refractivity contribution in [3.8, 4) is 6.07 Å². The molecule has 0 aromatic heterocycles. The van der Waals surface area contributed by atoms with Crippen LogP contribution in [0.4, 0.5) is 0 Å². The molecule has 1 N–H and O–H groups in total. The Hall–Kier alpha value is -1.05. The van der Waals surface area contributed by atoms with Gasteiger partial charge in [0.2, 0.25) is 0 Å². The summed E-state index contributed by atoms with van der Waals surface area (Å²) < 4.78 is 0.639. The fourth-order valence-electron chi connectivity index (χ4n) is 2.48. The summed E-state index contributed by atoms with van der Waals surface area (Å²) in [6, 6.07) is 7.31. The predicted molar refractivity (Wildman–Crippen MR) is 82.6 cm³/mol. The third-order valence-corrected chi connectivity index (χ3v) is 4.76. The summed E-state index contributed by atoms with van der Waals surface area (Å²) in [5.41, 5.74) is -0.231. The minimum atomic E-state index is -0.733. The summed E-state index contributed by atoms with van der Waals surface area (Å²) in [6.07, 6.45) is 3.36. The van der Waals surface area contributed by atoms with Crippen LogP contribution in [0.2, 0.25) is 5.02 Å². The highest BCUT2D eigenvalue weighted by Crippen LogP contribution is 2.32. The number of rotatable bonds is 2. The van der Waals surface area contributed by atoms with Gasteiger partial charge in [0.1, 0.15) is 5.54 Å². The van der Waals surface area contributed by atoms with E-state index < -0.39 is 5.54 Å². The first kappa shape index (κ1) is 15.3. The van der Waals surface area contributed by atoms with Gasteiger partial charge in [-0.3, -0.25) is 4.79 Å². The summed E-state index contributed by atoms with van der Waals surface area (Å²) in [4.78, 5) is 12.4. The molecule has 0 spiro atoms. The lowest BCUT2D eigenvalue weighted by atomic mass is 9.78. The number of amides is 1. The number of halogens is 2. The standard InChI is InChI=1S/C15H16BrClN2O/c1-10-4-6-15(9-18,7-5-10)19-14(20)12-3-2-11(17)8-13(12)16/h2-3,8,10H,4-7H2,1H3,(H,19,20). The maximum Gasteiger partial charge on any atom is 0.253 e. The molecule has 5 heteroatoms. The highest BCUT2D eigenvalue weighted by Gasteiger charge is 2.36. The van der Waals surface area contributed by atoms with Crippen LogP contribution in [0.25, 0.3) is 0 Å². The second-order valence-corrected chi connectivity index (χ2v) is 6.75. The minimum Gasteiger partial charge on any atom is -0.334 e. The largest absolute Gasteiger partial charge is 0.334 e. The van der Waals surface area contributed by atoms with Gasteiger partial charge in [-0.2, -0.15) is 5.26 Å². The van der Waals surface area contributed by atoms with Crippen LogP contribution in [-0.4, -0.2) is 11.4 Å². The van der Waals surface area contributed by atoms with Gasteiger partial charge in [0.15, 0.2) is 0 Å². The summed E-state index contributed by atoms with van der Waals surface area (Å²) in [5, 5.41) is 12.9. The lowest BCUT2D eigenvalue weighted by Crippen LogP contribution is -2.49. The maximum atomic E-state index is 12.4. The number of hydrogen-bond donors (Lipinski definition) is 1. The average Bonchev–Trinajstić information content (AvgIpc) is 2.41. The summed E-state index contributed by atoms with van der Waals surface area (Å²) in [5.74, 6) is 0.389. The molecule has 2 rings (SSSR count). The van der Waals surface area contributed by atoms with E-state index >= 15 is 0 Å². The minimum absolute atomic E-state index is 0.232. The molecule has 0 bridgehead atoms. The molecule has 106 valence electrons. The fraction of sp³-hybridized carbons (Fsp3) is 0.467. The molecular formula is C15H16BrClN2O. The van der Waals surface area contributed by atoms with Gasteiger partial charge in [-0.1, -0.05) is 18.5 Å². The Balaban J connectivity index is 2.16. The zero-order valence-electron chi connectivity index (χ0n) is 11.2. The fourth-order valence-corrected chi connectivity index (χ4v) is 3.34. The third-order valence-electron chi connectivity index (χ3n) is 3.87. The van der Waals surface area contributed by atoms with Gasteiger partial charge in [-0.25, -0.2) is 0 Å². The Morgan fingerprint density at radius 2 is 2.15 bits per heavy atom. The lowest BCUT2D eigenvalue weighted by molar-refractivity contribution is 0.0893. The molecule has 0 heterocycles. The number of nitrogens with zero attached hydrogens (tertiary/aromatic N) is 1. The molecule has 3 nitrogen and oxygen atoms in total. The Bertz CT molecular complexity index is 559. The van der Waals surface area contributed by atoms with Crippen LogP contribution in [0.3, 0.4) is 0 Å². The number of benzene rings is 1.